The first kappa shape index (κ1) is 15.3. The summed E-state index contributed by atoms with van der Waals surface area (Å²) in [4.78, 5) is 5.60. The topological polar surface area (TPSA) is 38.9 Å². The average Bonchev–Trinajstić information content (AvgIpc) is 2.83. The van der Waals surface area contributed by atoms with Crippen molar-refractivity contribution in [1.29, 1.82) is 0 Å². The third-order valence-electron chi connectivity index (χ3n) is 2.70. The van der Waals surface area contributed by atoms with Gasteiger partial charge in [0.05, 0.1) is 9.59 Å². The van der Waals surface area contributed by atoms with Crippen LogP contribution in [0.4, 0.5) is 0 Å². The number of thiophene rings is 1. The molecule has 102 valence electrons. The molecular formula is C13H14BrClN2S2. The number of thioether (sulfide) groups is 1. The van der Waals surface area contributed by atoms with E-state index in [0.717, 1.165) is 20.3 Å². The molecule has 2 nitrogen and oxygen atoms in total. The fourth-order valence-corrected chi connectivity index (χ4v) is 4.68. The highest BCUT2D eigenvalue weighted by molar-refractivity contribution is 9.10. The van der Waals surface area contributed by atoms with Gasteiger partial charge in [0.15, 0.2) is 0 Å². The maximum atomic E-state index is 6.26. The van der Waals surface area contributed by atoms with Crippen LogP contribution >= 0.6 is 50.6 Å². The van der Waals surface area contributed by atoms with Gasteiger partial charge in [0.2, 0.25) is 0 Å². The van der Waals surface area contributed by atoms with E-state index < -0.39 is 0 Å². The van der Waals surface area contributed by atoms with E-state index in [-0.39, 0.29) is 11.3 Å². The summed E-state index contributed by atoms with van der Waals surface area (Å²) in [5, 5.41) is 1.13. The average molecular weight is 378 g/mol. The highest BCUT2D eigenvalue weighted by atomic mass is 79.9. The molecule has 2 heterocycles. The van der Waals surface area contributed by atoms with Crippen molar-refractivity contribution in [3.8, 4) is 0 Å². The van der Waals surface area contributed by atoms with Gasteiger partial charge in [-0.25, -0.2) is 4.98 Å². The molecule has 0 amide bonds. The number of rotatable bonds is 5. The van der Waals surface area contributed by atoms with E-state index in [9.17, 15) is 0 Å². The van der Waals surface area contributed by atoms with Gasteiger partial charge in [-0.1, -0.05) is 30.3 Å². The second kappa shape index (κ2) is 7.09. The summed E-state index contributed by atoms with van der Waals surface area (Å²) in [6.45, 7) is 2.10. The van der Waals surface area contributed by atoms with Crippen LogP contribution in [-0.2, 0) is 0 Å². The predicted octanol–water partition coefficient (Wildman–Crippen LogP) is 5.13. The molecule has 2 N–H and O–H groups in total. The summed E-state index contributed by atoms with van der Waals surface area (Å²) < 4.78 is 1.79. The molecule has 0 aliphatic carbocycles. The zero-order valence-corrected chi connectivity index (χ0v) is 14.3. The summed E-state index contributed by atoms with van der Waals surface area (Å²) in [5.74, 6) is 0. The third kappa shape index (κ3) is 3.95. The van der Waals surface area contributed by atoms with E-state index in [1.54, 1.807) is 29.3 Å². The Balaban J connectivity index is 2.27. The molecule has 0 aromatic carbocycles. The molecule has 0 radical (unpaired) electrons. The highest BCUT2D eigenvalue weighted by Gasteiger charge is 2.23. The second-order valence-corrected chi connectivity index (χ2v) is 7.77. The Hall–Kier alpha value is -0.0700. The normalized spacial score (nSPS) is 14.3. The molecule has 2 unspecified atom stereocenters. The molecule has 0 fully saturated rings. The van der Waals surface area contributed by atoms with E-state index in [2.05, 4.69) is 33.9 Å². The number of halogens is 2. The smallest absolute Gasteiger partial charge is 0.111 e. The molecule has 2 aromatic rings. The van der Waals surface area contributed by atoms with Crippen molar-refractivity contribution < 1.29 is 0 Å². The molecule has 2 rings (SSSR count). The summed E-state index contributed by atoms with van der Waals surface area (Å²) in [6, 6.07) is 7.95. The van der Waals surface area contributed by atoms with E-state index in [0.29, 0.717) is 0 Å². The Morgan fingerprint density at radius 2 is 2.26 bits per heavy atom. The number of hydrogen-bond acceptors (Lipinski definition) is 4. The van der Waals surface area contributed by atoms with Crippen molar-refractivity contribution in [2.75, 3.05) is 0 Å². The Bertz CT molecular complexity index is 547. The maximum Gasteiger partial charge on any atom is 0.111 e. The van der Waals surface area contributed by atoms with Crippen LogP contribution in [0.25, 0.3) is 0 Å². The van der Waals surface area contributed by atoms with Crippen LogP contribution in [0.15, 0.2) is 40.0 Å². The van der Waals surface area contributed by atoms with E-state index in [4.69, 9.17) is 17.3 Å². The van der Waals surface area contributed by atoms with Crippen LogP contribution in [0.1, 0.15) is 23.5 Å². The van der Waals surface area contributed by atoms with Gasteiger partial charge in [0.25, 0.3) is 0 Å². The molecule has 6 heteroatoms. The number of pyridine rings is 1. The van der Waals surface area contributed by atoms with Gasteiger partial charge in [-0.2, -0.15) is 0 Å². The third-order valence-corrected chi connectivity index (χ3v) is 6.47. The minimum absolute atomic E-state index is 0.0774. The van der Waals surface area contributed by atoms with E-state index in [1.165, 1.54) is 4.88 Å². The first-order valence-electron chi connectivity index (χ1n) is 5.89. The van der Waals surface area contributed by atoms with Crippen LogP contribution in [0.5, 0.6) is 0 Å². The van der Waals surface area contributed by atoms with Crippen molar-refractivity contribution in [3.63, 3.8) is 0 Å². The molecule has 0 bridgehead atoms. The predicted molar refractivity (Wildman–Crippen MR) is 88.1 cm³/mol. The summed E-state index contributed by atoms with van der Waals surface area (Å²) in [5.41, 5.74) is 6.26. The highest BCUT2D eigenvalue weighted by Crippen LogP contribution is 2.43. The Morgan fingerprint density at radius 3 is 2.84 bits per heavy atom. The zero-order chi connectivity index (χ0) is 13.8. The van der Waals surface area contributed by atoms with Crippen molar-refractivity contribution in [1.82, 2.24) is 4.98 Å². The van der Waals surface area contributed by atoms with Crippen LogP contribution in [0.3, 0.4) is 0 Å². The van der Waals surface area contributed by atoms with Gasteiger partial charge in [0.1, 0.15) is 5.03 Å². The molecule has 19 heavy (non-hydrogen) atoms. The Labute approximate surface area is 134 Å². The van der Waals surface area contributed by atoms with Crippen LogP contribution in [0.2, 0.25) is 4.34 Å². The molecule has 0 saturated carbocycles. The molecule has 0 saturated heterocycles. The summed E-state index contributed by atoms with van der Waals surface area (Å²) in [6.07, 6.45) is 2.71. The van der Waals surface area contributed by atoms with Crippen molar-refractivity contribution in [2.45, 2.75) is 29.7 Å². The van der Waals surface area contributed by atoms with Crippen LogP contribution < -0.4 is 5.73 Å². The van der Waals surface area contributed by atoms with Gasteiger partial charge >= 0.3 is 0 Å². The first-order chi connectivity index (χ1) is 9.11. The SMILES string of the molecule is CCC(N)C(Sc1ncccc1Br)c1ccc(Cl)s1. The Kier molecular flexibility index (Phi) is 5.71. The first-order valence-corrected chi connectivity index (χ1v) is 8.76. The molecule has 0 spiro atoms. The number of hydrogen-bond donors (Lipinski definition) is 1. The number of aromatic nitrogens is 1. The lowest BCUT2D eigenvalue weighted by atomic mass is 10.1. The van der Waals surface area contributed by atoms with Crippen LogP contribution in [0, 0.1) is 0 Å². The standard InChI is InChI=1S/C13H14BrClN2S2/c1-2-9(16)12(10-5-6-11(15)18-10)19-13-8(14)4-3-7-17-13/h3-7,9,12H,2,16H2,1H3. The largest absolute Gasteiger partial charge is 0.326 e. The zero-order valence-electron chi connectivity index (χ0n) is 10.3. The number of nitrogens with two attached hydrogens (primary N) is 1. The quantitative estimate of drug-likeness (QED) is 0.734. The van der Waals surface area contributed by atoms with E-state index >= 15 is 0 Å². The fourth-order valence-electron chi connectivity index (χ4n) is 1.63. The minimum Gasteiger partial charge on any atom is -0.326 e. The summed E-state index contributed by atoms with van der Waals surface area (Å²) >= 11 is 12.8. The van der Waals surface area contributed by atoms with E-state index in [1.807, 2.05) is 18.2 Å². The van der Waals surface area contributed by atoms with Crippen LogP contribution in [-0.4, -0.2) is 11.0 Å². The molecule has 2 atom stereocenters. The molecule has 0 aliphatic heterocycles. The van der Waals surface area contributed by atoms with Gasteiger partial charge in [-0.15, -0.1) is 11.3 Å². The van der Waals surface area contributed by atoms with Gasteiger partial charge in [-0.3, -0.25) is 0 Å². The van der Waals surface area contributed by atoms with Gasteiger partial charge < -0.3 is 5.73 Å². The van der Waals surface area contributed by atoms with Gasteiger partial charge in [0, 0.05) is 21.6 Å². The van der Waals surface area contributed by atoms with Crippen molar-refractivity contribution in [3.05, 3.63) is 44.1 Å². The lowest BCUT2D eigenvalue weighted by Gasteiger charge is -2.21. The lowest BCUT2D eigenvalue weighted by molar-refractivity contribution is 0.639. The molecular weight excluding hydrogens is 364 g/mol. The molecule has 2 aromatic heterocycles. The second-order valence-electron chi connectivity index (χ2n) is 4.04. The van der Waals surface area contributed by atoms with Crippen molar-refractivity contribution in [2.24, 2.45) is 5.73 Å². The fraction of sp³-hybridized carbons (Fsp3) is 0.308. The van der Waals surface area contributed by atoms with Crippen molar-refractivity contribution >= 4 is 50.6 Å². The monoisotopic (exact) mass is 376 g/mol. The maximum absolute atomic E-state index is 6.26. The molecule has 0 aliphatic rings. The number of nitrogens with zero attached hydrogens (tertiary/aromatic N) is 1. The van der Waals surface area contributed by atoms with Gasteiger partial charge in [-0.05, 0) is 46.6 Å². The summed E-state index contributed by atoms with van der Waals surface area (Å²) in [7, 11) is 0. The Morgan fingerprint density at radius 1 is 1.47 bits per heavy atom. The lowest BCUT2D eigenvalue weighted by Crippen LogP contribution is -2.25. The minimum atomic E-state index is 0.0774.